The fraction of sp³-hybridized carbons (Fsp3) is 0.704. The predicted molar refractivity (Wildman–Crippen MR) is 127 cm³/mol. The number of hydrogen-bond acceptors (Lipinski definition) is 5. The first kappa shape index (κ1) is 25.1. The molecule has 0 unspecified atom stereocenters. The molecule has 32 heavy (non-hydrogen) atoms. The second-order valence-electron chi connectivity index (χ2n) is 10.7. The van der Waals surface area contributed by atoms with Crippen LogP contribution in [0.2, 0.25) is 0 Å². The van der Waals surface area contributed by atoms with Gasteiger partial charge in [-0.2, -0.15) is 0 Å². The quantitative estimate of drug-likeness (QED) is 0.297. The molecule has 0 radical (unpaired) electrons. The van der Waals surface area contributed by atoms with Crippen LogP contribution < -0.4 is 4.74 Å². The Hall–Kier alpha value is -1.56. The molecule has 0 fully saturated rings. The molecule has 0 bridgehead atoms. The molecule has 0 saturated heterocycles. The Balaban J connectivity index is 2.03. The molecular weight excluding hydrogens is 404 g/mol. The summed E-state index contributed by atoms with van der Waals surface area (Å²) in [5.41, 5.74) is 0.315. The molecule has 180 valence electrons. The third-order valence-electron chi connectivity index (χ3n) is 7.92. The van der Waals surface area contributed by atoms with Gasteiger partial charge in [-0.05, 0) is 67.7 Å². The van der Waals surface area contributed by atoms with Gasteiger partial charge in [-0.25, -0.2) is 0 Å². The molecule has 1 heterocycles. The third-order valence-corrected chi connectivity index (χ3v) is 7.92. The van der Waals surface area contributed by atoms with Crippen molar-refractivity contribution in [2.75, 3.05) is 13.2 Å². The van der Waals surface area contributed by atoms with E-state index in [1.54, 1.807) is 0 Å². The Labute approximate surface area is 193 Å². The average molecular weight is 447 g/mol. The minimum Gasteiger partial charge on any atom is -0.508 e. The van der Waals surface area contributed by atoms with Crippen LogP contribution in [-0.2, 0) is 5.41 Å². The van der Waals surface area contributed by atoms with E-state index in [0.29, 0.717) is 37.0 Å². The molecule has 3 rings (SSSR count). The Kier molecular flexibility index (Phi) is 7.63. The van der Waals surface area contributed by atoms with Gasteiger partial charge < -0.3 is 25.2 Å². The van der Waals surface area contributed by atoms with Gasteiger partial charge in [-0.1, -0.05) is 52.5 Å². The van der Waals surface area contributed by atoms with Gasteiger partial charge in [0.05, 0.1) is 6.61 Å². The molecule has 1 aromatic carbocycles. The van der Waals surface area contributed by atoms with E-state index in [4.69, 9.17) is 4.74 Å². The first-order chi connectivity index (χ1) is 15.1. The van der Waals surface area contributed by atoms with Gasteiger partial charge >= 0.3 is 0 Å². The Morgan fingerprint density at radius 3 is 2.53 bits per heavy atom. The summed E-state index contributed by atoms with van der Waals surface area (Å²) >= 11 is 0. The average Bonchev–Trinajstić information content (AvgIpc) is 2.75. The maximum atomic E-state index is 11.9. The summed E-state index contributed by atoms with van der Waals surface area (Å²) in [6.45, 7) is 8.51. The first-order valence-corrected chi connectivity index (χ1v) is 12.3. The van der Waals surface area contributed by atoms with Crippen LogP contribution in [0.15, 0.2) is 23.8 Å². The molecule has 1 aliphatic heterocycles. The highest BCUT2D eigenvalue weighted by Gasteiger charge is 2.59. The van der Waals surface area contributed by atoms with Gasteiger partial charge in [0.15, 0.2) is 0 Å². The van der Waals surface area contributed by atoms with Crippen molar-refractivity contribution in [1.29, 1.82) is 0 Å². The standard InChI is InChI=1S/C27H42O5/c1-5-6-7-8-11-25(2,3)20-16-22(30)24-21-15-19(18-29)10-13-27(21,31)26(4,12-9-14-28)32-23(24)17-20/h10,16-17,21,28-31H,5-9,11-15,18H2,1-4H3/t21-,26-,27-/m0/s1. The molecule has 4 N–H and O–H groups in total. The van der Waals surface area contributed by atoms with Crippen LogP contribution >= 0.6 is 0 Å². The van der Waals surface area contributed by atoms with Crippen LogP contribution in [0.1, 0.15) is 103 Å². The molecule has 2 aliphatic rings. The minimum atomic E-state index is -1.22. The van der Waals surface area contributed by atoms with E-state index < -0.39 is 11.2 Å². The van der Waals surface area contributed by atoms with Gasteiger partial charge in [0.1, 0.15) is 22.7 Å². The van der Waals surface area contributed by atoms with Crippen molar-refractivity contribution in [3.63, 3.8) is 0 Å². The Morgan fingerprint density at radius 2 is 1.88 bits per heavy atom. The minimum absolute atomic E-state index is 0.0281. The zero-order chi connectivity index (χ0) is 23.6. The van der Waals surface area contributed by atoms with Crippen molar-refractivity contribution in [1.82, 2.24) is 0 Å². The molecular formula is C27H42O5. The SMILES string of the molecule is CCCCCCC(C)(C)c1cc(O)c2c(c1)O[C@@](C)(CCCO)[C@]1(O)CC=C(CO)C[C@@H]21. The van der Waals surface area contributed by atoms with Crippen molar-refractivity contribution in [3.05, 3.63) is 34.9 Å². The number of phenolic OH excluding ortho intramolecular Hbond substituents is 1. The lowest BCUT2D eigenvalue weighted by Gasteiger charge is -2.55. The summed E-state index contributed by atoms with van der Waals surface area (Å²) in [7, 11) is 0. The summed E-state index contributed by atoms with van der Waals surface area (Å²) in [6, 6.07) is 3.89. The van der Waals surface area contributed by atoms with Crippen LogP contribution in [0, 0.1) is 0 Å². The van der Waals surface area contributed by atoms with E-state index in [-0.39, 0.29) is 30.3 Å². The topological polar surface area (TPSA) is 90.2 Å². The van der Waals surface area contributed by atoms with Crippen LogP contribution in [0.25, 0.3) is 0 Å². The molecule has 5 nitrogen and oxygen atoms in total. The van der Waals surface area contributed by atoms with Crippen molar-refractivity contribution >= 4 is 0 Å². The van der Waals surface area contributed by atoms with E-state index in [2.05, 4.69) is 20.8 Å². The highest BCUT2D eigenvalue weighted by Crippen LogP contribution is 2.58. The van der Waals surface area contributed by atoms with E-state index in [9.17, 15) is 20.4 Å². The summed E-state index contributed by atoms with van der Waals surface area (Å²) in [5.74, 6) is 0.408. The number of aliphatic hydroxyl groups excluding tert-OH is 2. The van der Waals surface area contributed by atoms with Crippen molar-refractivity contribution in [3.8, 4) is 11.5 Å². The van der Waals surface area contributed by atoms with Gasteiger partial charge in [-0.15, -0.1) is 0 Å². The highest BCUT2D eigenvalue weighted by molar-refractivity contribution is 5.55. The largest absolute Gasteiger partial charge is 0.508 e. The number of aliphatic hydroxyl groups is 3. The number of ether oxygens (including phenoxy) is 1. The number of unbranched alkanes of at least 4 members (excludes halogenated alkanes) is 3. The molecule has 1 aromatic rings. The van der Waals surface area contributed by atoms with Crippen molar-refractivity contribution in [2.45, 2.75) is 108 Å². The van der Waals surface area contributed by atoms with Crippen LogP contribution in [0.3, 0.4) is 0 Å². The fourth-order valence-electron chi connectivity index (χ4n) is 5.60. The summed E-state index contributed by atoms with van der Waals surface area (Å²) in [5, 5.41) is 42.2. The predicted octanol–water partition coefficient (Wildman–Crippen LogP) is 5.09. The summed E-state index contributed by atoms with van der Waals surface area (Å²) in [4.78, 5) is 0. The molecule has 0 aromatic heterocycles. The second-order valence-corrected chi connectivity index (χ2v) is 10.7. The first-order valence-electron chi connectivity index (χ1n) is 12.3. The summed E-state index contributed by atoms with van der Waals surface area (Å²) < 4.78 is 6.51. The Morgan fingerprint density at radius 1 is 1.12 bits per heavy atom. The Bertz CT molecular complexity index is 830. The number of phenols is 1. The lowest BCUT2D eigenvalue weighted by molar-refractivity contribution is -0.160. The maximum absolute atomic E-state index is 11.9. The smallest absolute Gasteiger partial charge is 0.136 e. The molecule has 1 aliphatic carbocycles. The van der Waals surface area contributed by atoms with Crippen LogP contribution in [0.5, 0.6) is 11.5 Å². The lowest BCUT2D eigenvalue weighted by Crippen LogP contribution is -2.62. The fourth-order valence-corrected chi connectivity index (χ4v) is 5.60. The van der Waals surface area contributed by atoms with Crippen LogP contribution in [0.4, 0.5) is 0 Å². The maximum Gasteiger partial charge on any atom is 0.136 e. The van der Waals surface area contributed by atoms with Crippen molar-refractivity contribution in [2.24, 2.45) is 0 Å². The zero-order valence-electron chi connectivity index (χ0n) is 20.3. The molecule has 5 heteroatoms. The molecule has 0 saturated carbocycles. The molecule has 3 atom stereocenters. The van der Waals surface area contributed by atoms with E-state index in [1.165, 1.54) is 19.3 Å². The van der Waals surface area contributed by atoms with E-state index in [0.717, 1.165) is 24.0 Å². The second kappa shape index (κ2) is 9.74. The van der Waals surface area contributed by atoms with E-state index in [1.807, 2.05) is 25.1 Å². The number of hydrogen-bond donors (Lipinski definition) is 4. The van der Waals surface area contributed by atoms with Gasteiger partial charge in [0, 0.05) is 18.1 Å². The monoisotopic (exact) mass is 446 g/mol. The molecule has 0 amide bonds. The normalized spacial score (nSPS) is 27.3. The zero-order valence-corrected chi connectivity index (χ0v) is 20.3. The third kappa shape index (κ3) is 4.57. The number of rotatable bonds is 10. The summed E-state index contributed by atoms with van der Waals surface area (Å²) in [6.07, 6.45) is 9.55. The van der Waals surface area contributed by atoms with Crippen LogP contribution in [-0.4, -0.2) is 44.8 Å². The molecule has 0 spiro atoms. The van der Waals surface area contributed by atoms with Gasteiger partial charge in [0.2, 0.25) is 0 Å². The van der Waals surface area contributed by atoms with Gasteiger partial charge in [0.25, 0.3) is 0 Å². The number of aromatic hydroxyl groups is 1. The van der Waals surface area contributed by atoms with Crippen molar-refractivity contribution < 1.29 is 25.2 Å². The number of benzene rings is 1. The van der Waals surface area contributed by atoms with E-state index >= 15 is 0 Å². The number of fused-ring (bicyclic) bond motifs is 3. The highest BCUT2D eigenvalue weighted by atomic mass is 16.5. The lowest BCUT2D eigenvalue weighted by atomic mass is 9.61. The van der Waals surface area contributed by atoms with Gasteiger partial charge in [-0.3, -0.25) is 0 Å².